The van der Waals surface area contributed by atoms with Crippen molar-refractivity contribution >= 4 is 96.8 Å². The van der Waals surface area contributed by atoms with Crippen molar-refractivity contribution in [2.24, 2.45) is 0 Å². The molecule has 4 aromatic carbocycles. The van der Waals surface area contributed by atoms with Crippen molar-refractivity contribution in [3.8, 4) is 0 Å². The zero-order chi connectivity index (χ0) is 52.2. The summed E-state index contributed by atoms with van der Waals surface area (Å²) in [6.45, 7) is 10.3. The summed E-state index contributed by atoms with van der Waals surface area (Å²) in [4.78, 5) is 41.7. The molecule has 1 fully saturated rings. The molecular weight excluding hydrogens is 1000 g/mol. The lowest BCUT2D eigenvalue weighted by atomic mass is 9.79. The van der Waals surface area contributed by atoms with E-state index in [0.717, 1.165) is 27.3 Å². The van der Waals surface area contributed by atoms with Crippen LogP contribution in [0, 0.1) is 0 Å². The van der Waals surface area contributed by atoms with Gasteiger partial charge in [0, 0.05) is 91.1 Å². The van der Waals surface area contributed by atoms with Crippen LogP contribution in [0.15, 0.2) is 105 Å². The number of carbonyl (C=O) groups is 3. The van der Waals surface area contributed by atoms with Crippen LogP contribution in [0.1, 0.15) is 84.3 Å². The van der Waals surface area contributed by atoms with E-state index in [1.54, 1.807) is 48.6 Å². The van der Waals surface area contributed by atoms with Crippen LogP contribution >= 0.6 is 0 Å². The first-order valence-electron chi connectivity index (χ1n) is 22.6. The number of rotatable bonds is 18. The molecule has 0 spiro atoms. The second kappa shape index (κ2) is 19.4. The molecule has 0 unspecified atom stereocenters. The Labute approximate surface area is 413 Å². The Morgan fingerprint density at radius 3 is 2.07 bits per heavy atom. The van der Waals surface area contributed by atoms with Gasteiger partial charge in [-0.3, -0.25) is 23.2 Å². The van der Waals surface area contributed by atoms with E-state index in [1.165, 1.54) is 25.2 Å². The van der Waals surface area contributed by atoms with Gasteiger partial charge in [0.25, 0.3) is 42.2 Å². The molecule has 0 aliphatic carbocycles. The Kier molecular flexibility index (Phi) is 14.5. The molecule has 3 N–H and O–H groups in total. The van der Waals surface area contributed by atoms with Gasteiger partial charge in [0.15, 0.2) is 5.71 Å². The standard InChI is InChI=1S/C48H54N4O15S4/c1-7-25-50-37-22-20-33-35(29-31(70(61,62)63)30-39(33)71(64,65)66)46(37)48(4,5)40(50)16-9-8-10-17-41-47(2,3)45-34-14-11-15-38(32(34)19-21-36(45)51(41)27-13-28-68(56,57)58)69(59,60)49(6)26-12-18-44(55)67-52-42(53)23-24-43(52)54/h8-11,14-17,19-22,29-30H,7,12-13,18,23-28H2,1-6H3,(H2-,56,57,58,61,62,63,64,65,66)/p+1. The number of benzene rings is 4. The highest BCUT2D eigenvalue weighted by molar-refractivity contribution is 7.89. The first-order valence-corrected chi connectivity index (χ1v) is 28.5. The van der Waals surface area contributed by atoms with Gasteiger partial charge in [0.2, 0.25) is 15.7 Å². The van der Waals surface area contributed by atoms with Crippen LogP contribution in [0.4, 0.5) is 11.4 Å². The van der Waals surface area contributed by atoms with Crippen LogP contribution in [-0.2, 0) is 70.4 Å². The van der Waals surface area contributed by atoms with E-state index in [2.05, 4.69) is 0 Å². The summed E-state index contributed by atoms with van der Waals surface area (Å²) in [6.07, 6.45) is 9.53. The molecule has 2 amide bonds. The lowest BCUT2D eigenvalue weighted by molar-refractivity contribution is -0.437. The van der Waals surface area contributed by atoms with E-state index < -0.39 is 84.5 Å². The highest BCUT2D eigenvalue weighted by Gasteiger charge is 2.46. The summed E-state index contributed by atoms with van der Waals surface area (Å²) in [5, 5.41) is 1.76. The van der Waals surface area contributed by atoms with Crippen molar-refractivity contribution < 1.29 is 71.1 Å². The smallest absolute Gasteiger partial charge is 0.333 e. The van der Waals surface area contributed by atoms with Gasteiger partial charge >= 0.3 is 5.97 Å². The van der Waals surface area contributed by atoms with Gasteiger partial charge < -0.3 is 9.74 Å². The number of hydrogen-bond donors (Lipinski definition) is 3. The number of hydroxylamine groups is 2. The Morgan fingerprint density at radius 1 is 0.775 bits per heavy atom. The molecule has 3 aliphatic heterocycles. The predicted molar refractivity (Wildman–Crippen MR) is 265 cm³/mol. The van der Waals surface area contributed by atoms with Crippen LogP contribution in [0.3, 0.4) is 0 Å². The van der Waals surface area contributed by atoms with Gasteiger partial charge in [-0.15, -0.1) is 5.06 Å². The quantitative estimate of drug-likeness (QED) is 0.0424. The summed E-state index contributed by atoms with van der Waals surface area (Å²) in [7, 11) is -16.9. The van der Waals surface area contributed by atoms with Crippen molar-refractivity contribution in [1.82, 2.24) is 9.37 Å². The summed E-state index contributed by atoms with van der Waals surface area (Å²) >= 11 is 0. The fourth-order valence-corrected chi connectivity index (χ4v) is 13.1. The van der Waals surface area contributed by atoms with Gasteiger partial charge in [0.1, 0.15) is 11.4 Å². The van der Waals surface area contributed by atoms with Gasteiger partial charge in [-0.05, 0) is 79.4 Å². The molecule has 0 radical (unpaired) electrons. The van der Waals surface area contributed by atoms with Crippen LogP contribution in [0.25, 0.3) is 21.5 Å². The van der Waals surface area contributed by atoms with E-state index in [-0.39, 0.29) is 60.9 Å². The zero-order valence-corrected chi connectivity index (χ0v) is 43.1. The first-order chi connectivity index (χ1) is 33.0. The summed E-state index contributed by atoms with van der Waals surface area (Å²) in [5.74, 6) is -2.61. The molecule has 0 bridgehead atoms. The largest absolute Gasteiger partial charge is 0.344 e. The van der Waals surface area contributed by atoms with Gasteiger partial charge in [0.05, 0.1) is 21.0 Å². The third-order valence-corrected chi connectivity index (χ3v) is 17.5. The second-order valence-electron chi connectivity index (χ2n) is 18.6. The highest BCUT2D eigenvalue weighted by atomic mass is 32.2. The molecule has 23 heteroatoms. The lowest BCUT2D eigenvalue weighted by Gasteiger charge is -2.26. The van der Waals surface area contributed by atoms with Crippen LogP contribution in [-0.4, -0.2) is 117 Å². The average Bonchev–Trinajstić information content (AvgIpc) is 3.79. The van der Waals surface area contributed by atoms with E-state index in [1.807, 2.05) is 56.2 Å². The maximum absolute atomic E-state index is 14.2. The number of imide groups is 1. The SMILES string of the molecule is CCCN1/C(=C/C=C/C=C/C2=[N+](CCCS(=O)(=O)O)c3ccc4c(S(=O)(=O)N(C)CCCC(=O)ON5C(=O)CCC5=O)cccc4c3C2(C)C)C(C)(C)c2c1ccc1c(S(=O)(=O)O)cc(S(=O)(=O)O)cc21. The van der Waals surface area contributed by atoms with Crippen molar-refractivity contribution in [2.75, 3.05) is 37.3 Å². The summed E-state index contributed by atoms with van der Waals surface area (Å²) in [6, 6.07) is 13.5. The molecule has 0 saturated carbocycles. The minimum absolute atomic E-state index is 0.00432. The monoisotopic (exact) mass is 1060 g/mol. The van der Waals surface area contributed by atoms with Crippen molar-refractivity contribution in [2.45, 2.75) is 98.7 Å². The number of hydrogen-bond acceptors (Lipinski definition) is 13. The molecule has 380 valence electrons. The molecule has 3 heterocycles. The number of nitrogens with zero attached hydrogens (tertiary/aromatic N) is 4. The number of anilines is 1. The molecule has 4 aromatic rings. The molecule has 3 aliphatic rings. The minimum Gasteiger partial charge on any atom is -0.344 e. The van der Waals surface area contributed by atoms with Crippen LogP contribution in [0.5, 0.6) is 0 Å². The normalized spacial score (nSPS) is 17.9. The summed E-state index contributed by atoms with van der Waals surface area (Å²) in [5.41, 5.74) is 2.57. The molecule has 0 aromatic heterocycles. The number of carbonyl (C=O) groups excluding carboxylic acids is 3. The van der Waals surface area contributed by atoms with E-state index >= 15 is 0 Å². The number of sulfonamides is 1. The fourth-order valence-electron chi connectivity index (χ4n) is 9.83. The molecule has 1 saturated heterocycles. The van der Waals surface area contributed by atoms with Crippen molar-refractivity contribution in [3.63, 3.8) is 0 Å². The fraction of sp³-hybridized carbons (Fsp3) is 0.375. The second-order valence-corrected chi connectivity index (χ2v) is 25.0. The van der Waals surface area contributed by atoms with E-state index in [0.29, 0.717) is 45.7 Å². The van der Waals surface area contributed by atoms with Gasteiger partial charge in [-0.2, -0.15) is 29.8 Å². The first kappa shape index (κ1) is 53.1. The topological polar surface area (TPSA) is 270 Å². The average molecular weight is 1060 g/mol. The van der Waals surface area contributed by atoms with Crippen LogP contribution in [0.2, 0.25) is 0 Å². The van der Waals surface area contributed by atoms with Crippen molar-refractivity contribution in [3.05, 3.63) is 102 Å². The predicted octanol–water partition coefficient (Wildman–Crippen LogP) is 6.35. The minimum atomic E-state index is -4.92. The van der Waals surface area contributed by atoms with Crippen molar-refractivity contribution in [1.29, 1.82) is 0 Å². The number of fused-ring (bicyclic) bond motifs is 6. The Hall–Kier alpha value is -5.66. The third kappa shape index (κ3) is 10.4. The maximum Gasteiger partial charge on any atom is 0.333 e. The maximum atomic E-state index is 14.2. The van der Waals surface area contributed by atoms with Crippen LogP contribution < -0.4 is 4.90 Å². The Morgan fingerprint density at radius 2 is 1.44 bits per heavy atom. The Bertz CT molecular complexity index is 3490. The molecule has 0 atom stereocenters. The van der Waals surface area contributed by atoms with E-state index in [4.69, 9.17) is 4.84 Å². The molecule has 19 nitrogen and oxygen atoms in total. The molecule has 7 rings (SSSR count). The highest BCUT2D eigenvalue weighted by Crippen LogP contribution is 2.52. The van der Waals surface area contributed by atoms with E-state index in [9.17, 15) is 61.7 Å². The number of allylic oxidation sites excluding steroid dienone is 6. The third-order valence-electron chi connectivity index (χ3n) is 13.0. The lowest BCUT2D eigenvalue weighted by Crippen LogP contribution is -2.32. The Balaban J connectivity index is 1.20. The number of amides is 2. The molecule has 71 heavy (non-hydrogen) atoms. The summed E-state index contributed by atoms with van der Waals surface area (Å²) < 4.78 is 134. The molecular formula is C48H55N4O15S4+. The van der Waals surface area contributed by atoms with Gasteiger partial charge in [-0.1, -0.05) is 57.2 Å². The van der Waals surface area contributed by atoms with Gasteiger partial charge in [-0.25, -0.2) is 17.5 Å². The zero-order valence-electron chi connectivity index (χ0n) is 39.8.